The predicted molar refractivity (Wildman–Crippen MR) is 90.4 cm³/mol. The Kier molecular flexibility index (Phi) is 5.36. The lowest BCUT2D eigenvalue weighted by molar-refractivity contribution is -0.134. The molecule has 2 rings (SSSR count). The molecule has 0 aromatic carbocycles. The largest absolute Gasteiger partial charge is 0.451 e. The summed E-state index contributed by atoms with van der Waals surface area (Å²) < 4.78 is 28.0. The van der Waals surface area contributed by atoms with Gasteiger partial charge >= 0.3 is 5.97 Å². The minimum atomic E-state index is -3.10. The Bertz CT molecular complexity index is 824. The van der Waals surface area contributed by atoms with Crippen LogP contribution in [0.15, 0.2) is 0 Å². The minimum absolute atomic E-state index is 0.0594. The smallest absolute Gasteiger partial charge is 0.355 e. The van der Waals surface area contributed by atoms with Crippen molar-refractivity contribution in [2.75, 3.05) is 25.2 Å². The van der Waals surface area contributed by atoms with Crippen LogP contribution in [0.4, 0.5) is 0 Å². The van der Waals surface area contributed by atoms with Crippen LogP contribution in [0.1, 0.15) is 45.4 Å². The Hall–Kier alpha value is -2.16. The Balaban J connectivity index is 1.99. The fourth-order valence-electron chi connectivity index (χ4n) is 3.07. The van der Waals surface area contributed by atoms with Gasteiger partial charge in [-0.3, -0.25) is 9.59 Å². The van der Waals surface area contributed by atoms with Crippen LogP contribution in [0.3, 0.4) is 0 Å². The van der Waals surface area contributed by atoms with E-state index in [2.05, 4.69) is 4.98 Å². The molecule has 0 saturated carbocycles. The van der Waals surface area contributed by atoms with Crippen molar-refractivity contribution in [3.05, 3.63) is 22.5 Å². The summed E-state index contributed by atoms with van der Waals surface area (Å²) >= 11 is 0. The molecule has 1 unspecified atom stereocenters. The molecule has 1 fully saturated rings. The molecule has 2 heterocycles. The number of hydrogen-bond donors (Lipinski definition) is 1. The van der Waals surface area contributed by atoms with Crippen LogP contribution in [-0.4, -0.2) is 67.2 Å². The number of aryl methyl sites for hydroxylation is 1. The van der Waals surface area contributed by atoms with Crippen LogP contribution in [0.25, 0.3) is 0 Å². The number of ketones is 1. The fraction of sp³-hybridized carbons (Fsp3) is 0.562. The van der Waals surface area contributed by atoms with Crippen molar-refractivity contribution in [1.29, 1.82) is 0 Å². The molecular weight excluding hydrogens is 348 g/mol. The van der Waals surface area contributed by atoms with Crippen LogP contribution in [0.2, 0.25) is 0 Å². The summed E-state index contributed by atoms with van der Waals surface area (Å²) in [6.45, 7) is 4.24. The van der Waals surface area contributed by atoms with Gasteiger partial charge in [-0.25, -0.2) is 13.2 Å². The monoisotopic (exact) mass is 370 g/mol. The molecule has 1 aliphatic rings. The highest BCUT2D eigenvalue weighted by molar-refractivity contribution is 7.91. The Morgan fingerprint density at radius 1 is 1.28 bits per heavy atom. The maximum Gasteiger partial charge on any atom is 0.355 e. The van der Waals surface area contributed by atoms with Crippen LogP contribution in [0.5, 0.6) is 0 Å². The Morgan fingerprint density at radius 2 is 1.92 bits per heavy atom. The van der Waals surface area contributed by atoms with Gasteiger partial charge in [-0.1, -0.05) is 0 Å². The normalized spacial score (nSPS) is 18.8. The molecule has 9 heteroatoms. The van der Waals surface area contributed by atoms with Crippen LogP contribution >= 0.6 is 0 Å². The zero-order valence-electron chi connectivity index (χ0n) is 14.7. The number of nitrogens with zero attached hydrogens (tertiary/aromatic N) is 1. The van der Waals surface area contributed by atoms with Crippen molar-refractivity contribution in [3.8, 4) is 0 Å². The number of carbonyl (C=O) groups is 3. The highest BCUT2D eigenvalue weighted by atomic mass is 32.2. The highest BCUT2D eigenvalue weighted by Gasteiger charge is 2.33. The van der Waals surface area contributed by atoms with Gasteiger partial charge in [0.15, 0.2) is 22.2 Å². The molecule has 1 atom stereocenters. The second-order valence-electron chi connectivity index (χ2n) is 6.32. The SMILES string of the molecule is CC(=O)c1c(C)[nH]c(C(=O)OCC(=O)N(C)C2CCS(=O)(=O)C2)c1C. The van der Waals surface area contributed by atoms with Crippen molar-refractivity contribution in [2.24, 2.45) is 0 Å². The zero-order chi connectivity index (χ0) is 18.9. The summed E-state index contributed by atoms with van der Waals surface area (Å²) in [4.78, 5) is 40.0. The number of H-pyrrole nitrogens is 1. The van der Waals surface area contributed by atoms with Crippen LogP contribution in [-0.2, 0) is 19.4 Å². The van der Waals surface area contributed by atoms with Gasteiger partial charge in [-0.15, -0.1) is 0 Å². The molecule has 0 radical (unpaired) electrons. The third-order valence-corrected chi connectivity index (χ3v) is 6.22. The first kappa shape index (κ1) is 19.2. The number of rotatable bonds is 5. The summed E-state index contributed by atoms with van der Waals surface area (Å²) in [6.07, 6.45) is 0.384. The summed E-state index contributed by atoms with van der Waals surface area (Å²) in [5.74, 6) is -1.37. The van der Waals surface area contributed by atoms with Gasteiger partial charge in [0.25, 0.3) is 5.91 Å². The molecule has 0 bridgehead atoms. The number of aromatic amines is 1. The second kappa shape index (κ2) is 6.99. The lowest BCUT2D eigenvalue weighted by Gasteiger charge is -2.23. The third-order valence-electron chi connectivity index (χ3n) is 4.47. The number of Topliss-reactive ketones (excluding diaryl/α,β-unsaturated/α-hetero) is 1. The molecular formula is C16H22N2O6S. The van der Waals surface area contributed by atoms with Crippen LogP contribution in [0, 0.1) is 13.8 Å². The van der Waals surface area contributed by atoms with E-state index in [-0.39, 0.29) is 23.0 Å². The van der Waals surface area contributed by atoms with Gasteiger partial charge in [-0.2, -0.15) is 0 Å². The lowest BCUT2D eigenvalue weighted by Crippen LogP contribution is -2.40. The van der Waals surface area contributed by atoms with Crippen molar-refractivity contribution < 1.29 is 27.5 Å². The molecule has 1 amide bonds. The van der Waals surface area contributed by atoms with Crippen molar-refractivity contribution in [2.45, 2.75) is 33.2 Å². The average Bonchev–Trinajstić information content (AvgIpc) is 3.02. The van der Waals surface area contributed by atoms with Gasteiger partial charge in [0.05, 0.1) is 11.5 Å². The third kappa shape index (κ3) is 4.09. The summed E-state index contributed by atoms with van der Waals surface area (Å²) in [6, 6.07) is -0.394. The van der Waals surface area contributed by atoms with E-state index in [1.807, 2.05) is 0 Å². The first-order valence-corrected chi connectivity index (χ1v) is 9.69. The first-order chi connectivity index (χ1) is 11.5. The Labute approximate surface area is 146 Å². The maximum absolute atomic E-state index is 12.2. The molecule has 0 aliphatic carbocycles. The Morgan fingerprint density at radius 3 is 2.40 bits per heavy atom. The van der Waals surface area contributed by atoms with Gasteiger partial charge in [0.1, 0.15) is 5.69 Å². The molecule has 1 aromatic heterocycles. The van der Waals surface area contributed by atoms with Gasteiger partial charge in [0.2, 0.25) is 0 Å². The van der Waals surface area contributed by atoms with Gasteiger partial charge < -0.3 is 14.6 Å². The van der Waals surface area contributed by atoms with Crippen molar-refractivity contribution in [3.63, 3.8) is 0 Å². The summed E-state index contributed by atoms with van der Waals surface area (Å²) in [5.41, 5.74) is 1.63. The number of likely N-dealkylation sites (N-methyl/N-ethyl adjacent to an activating group) is 1. The number of aromatic nitrogens is 1. The number of esters is 1. The molecule has 8 nitrogen and oxygen atoms in total. The first-order valence-electron chi connectivity index (χ1n) is 7.86. The number of carbonyl (C=O) groups excluding carboxylic acids is 3. The highest BCUT2D eigenvalue weighted by Crippen LogP contribution is 2.20. The predicted octanol–water partition coefficient (Wildman–Crippen LogP) is 0.636. The van der Waals surface area contributed by atoms with E-state index in [9.17, 15) is 22.8 Å². The van der Waals surface area contributed by atoms with Crippen molar-refractivity contribution >= 4 is 27.5 Å². The maximum atomic E-state index is 12.2. The summed E-state index contributed by atoms with van der Waals surface area (Å²) in [5, 5.41) is 0. The number of hydrogen-bond acceptors (Lipinski definition) is 6. The lowest BCUT2D eigenvalue weighted by atomic mass is 10.1. The molecule has 1 N–H and O–H groups in total. The quantitative estimate of drug-likeness (QED) is 0.601. The fourth-order valence-corrected chi connectivity index (χ4v) is 4.84. The second-order valence-corrected chi connectivity index (χ2v) is 8.55. The molecule has 138 valence electrons. The van der Waals surface area contributed by atoms with E-state index >= 15 is 0 Å². The molecule has 1 aliphatic heterocycles. The van der Waals surface area contributed by atoms with Crippen LogP contribution < -0.4 is 0 Å². The van der Waals surface area contributed by atoms with Gasteiger partial charge in [0, 0.05) is 24.3 Å². The topological polar surface area (TPSA) is 114 Å². The number of ether oxygens (including phenoxy) is 1. The number of amides is 1. The van der Waals surface area contributed by atoms with E-state index in [4.69, 9.17) is 4.74 Å². The standard InChI is InChI=1S/C16H22N2O6S/c1-9-14(11(3)19)10(2)17-15(9)16(21)24-7-13(20)18(4)12-5-6-25(22,23)8-12/h12,17H,5-8H2,1-4H3. The molecule has 0 spiro atoms. The van der Waals surface area contributed by atoms with E-state index in [1.54, 1.807) is 13.8 Å². The minimum Gasteiger partial charge on any atom is -0.451 e. The average molecular weight is 370 g/mol. The zero-order valence-corrected chi connectivity index (χ0v) is 15.5. The summed E-state index contributed by atoms with van der Waals surface area (Å²) in [7, 11) is -1.60. The molecule has 25 heavy (non-hydrogen) atoms. The molecule has 1 saturated heterocycles. The van der Waals surface area contributed by atoms with E-state index in [0.29, 0.717) is 23.2 Å². The number of nitrogens with one attached hydrogen (secondary N) is 1. The van der Waals surface area contributed by atoms with E-state index < -0.39 is 34.4 Å². The van der Waals surface area contributed by atoms with Crippen molar-refractivity contribution in [1.82, 2.24) is 9.88 Å². The number of sulfone groups is 1. The molecule has 1 aromatic rings. The van der Waals surface area contributed by atoms with E-state index in [0.717, 1.165) is 0 Å². The van der Waals surface area contributed by atoms with Gasteiger partial charge in [-0.05, 0) is 32.8 Å². The van der Waals surface area contributed by atoms with E-state index in [1.165, 1.54) is 18.9 Å².